The Balaban J connectivity index is 1.97. The first-order valence-corrected chi connectivity index (χ1v) is 6.14. The lowest BCUT2D eigenvalue weighted by atomic mass is 9.97. The van der Waals surface area contributed by atoms with Gasteiger partial charge in [-0.3, -0.25) is 0 Å². The summed E-state index contributed by atoms with van der Waals surface area (Å²) in [5.41, 5.74) is 1.10. The minimum Gasteiger partial charge on any atom is -0.469 e. The second-order valence-corrected chi connectivity index (χ2v) is 4.44. The average Bonchev–Trinajstić information content (AvgIpc) is 2.84. The molecular formula is C14H14ClFO. The minimum absolute atomic E-state index is 0.206. The Kier molecular flexibility index (Phi) is 4.21. The molecule has 1 unspecified atom stereocenters. The van der Waals surface area contributed by atoms with Crippen molar-refractivity contribution in [2.45, 2.75) is 12.8 Å². The molecule has 1 nitrogen and oxygen atoms in total. The van der Waals surface area contributed by atoms with Gasteiger partial charge in [0.15, 0.2) is 0 Å². The van der Waals surface area contributed by atoms with Gasteiger partial charge >= 0.3 is 0 Å². The first kappa shape index (κ1) is 12.2. The fourth-order valence-corrected chi connectivity index (χ4v) is 2.07. The second kappa shape index (κ2) is 5.87. The molecule has 1 aromatic carbocycles. The van der Waals surface area contributed by atoms with Crippen LogP contribution in [0.15, 0.2) is 47.1 Å². The van der Waals surface area contributed by atoms with Crippen LogP contribution in [0.1, 0.15) is 11.3 Å². The van der Waals surface area contributed by atoms with Crippen molar-refractivity contribution >= 4 is 11.6 Å². The summed E-state index contributed by atoms with van der Waals surface area (Å²) in [7, 11) is 0. The van der Waals surface area contributed by atoms with Crippen LogP contribution in [0.4, 0.5) is 4.39 Å². The topological polar surface area (TPSA) is 13.1 Å². The summed E-state index contributed by atoms with van der Waals surface area (Å²) in [5.74, 6) is 1.62. The van der Waals surface area contributed by atoms with Gasteiger partial charge in [-0.15, -0.1) is 11.6 Å². The normalized spacial score (nSPS) is 12.6. The number of hydrogen-bond acceptors (Lipinski definition) is 1. The quantitative estimate of drug-likeness (QED) is 0.732. The maximum atomic E-state index is 12.8. The van der Waals surface area contributed by atoms with Crippen molar-refractivity contribution in [1.29, 1.82) is 0 Å². The van der Waals surface area contributed by atoms with E-state index in [0.717, 1.165) is 24.2 Å². The first-order chi connectivity index (χ1) is 8.28. The predicted octanol–water partition coefficient (Wildman–Crippen LogP) is 4.06. The lowest BCUT2D eigenvalue weighted by molar-refractivity contribution is 0.457. The van der Waals surface area contributed by atoms with E-state index in [2.05, 4.69) is 0 Å². The molecule has 0 spiro atoms. The Morgan fingerprint density at radius 2 is 1.88 bits per heavy atom. The lowest BCUT2D eigenvalue weighted by Crippen LogP contribution is -2.09. The third-order valence-electron chi connectivity index (χ3n) is 2.73. The van der Waals surface area contributed by atoms with Crippen LogP contribution in [0.25, 0.3) is 0 Å². The molecule has 90 valence electrons. The second-order valence-electron chi connectivity index (χ2n) is 4.13. The third-order valence-corrected chi connectivity index (χ3v) is 3.16. The van der Waals surface area contributed by atoms with E-state index < -0.39 is 0 Å². The van der Waals surface area contributed by atoms with Crippen molar-refractivity contribution in [2.75, 3.05) is 5.88 Å². The van der Waals surface area contributed by atoms with Crippen molar-refractivity contribution in [3.05, 3.63) is 59.8 Å². The van der Waals surface area contributed by atoms with Crippen molar-refractivity contribution in [3.8, 4) is 0 Å². The highest BCUT2D eigenvalue weighted by Crippen LogP contribution is 2.17. The molecule has 1 heterocycles. The number of rotatable bonds is 5. The monoisotopic (exact) mass is 252 g/mol. The van der Waals surface area contributed by atoms with Crippen LogP contribution in [-0.2, 0) is 12.8 Å². The van der Waals surface area contributed by atoms with E-state index in [-0.39, 0.29) is 5.82 Å². The van der Waals surface area contributed by atoms with Gasteiger partial charge in [-0.2, -0.15) is 0 Å². The molecule has 0 radical (unpaired) electrons. The fourth-order valence-electron chi connectivity index (χ4n) is 1.85. The van der Waals surface area contributed by atoms with Gasteiger partial charge in [-0.25, -0.2) is 4.39 Å². The van der Waals surface area contributed by atoms with E-state index in [9.17, 15) is 4.39 Å². The Hall–Kier alpha value is -1.28. The minimum atomic E-state index is -0.206. The molecule has 0 amide bonds. The summed E-state index contributed by atoms with van der Waals surface area (Å²) >= 11 is 5.95. The van der Waals surface area contributed by atoms with E-state index in [1.165, 1.54) is 12.1 Å². The smallest absolute Gasteiger partial charge is 0.123 e. The number of alkyl halides is 1. The number of benzene rings is 1. The fraction of sp³-hybridized carbons (Fsp3) is 0.286. The Morgan fingerprint density at radius 1 is 1.12 bits per heavy atom. The van der Waals surface area contributed by atoms with Gasteiger partial charge in [0.25, 0.3) is 0 Å². The predicted molar refractivity (Wildman–Crippen MR) is 66.7 cm³/mol. The molecule has 0 bridgehead atoms. The molecule has 3 heteroatoms. The summed E-state index contributed by atoms with van der Waals surface area (Å²) in [5, 5.41) is 0. The molecule has 0 N–H and O–H groups in total. The van der Waals surface area contributed by atoms with Gasteiger partial charge in [-0.1, -0.05) is 12.1 Å². The van der Waals surface area contributed by atoms with Gasteiger partial charge < -0.3 is 4.42 Å². The molecule has 0 aliphatic rings. The molecule has 2 aromatic rings. The van der Waals surface area contributed by atoms with E-state index in [1.54, 1.807) is 18.4 Å². The van der Waals surface area contributed by atoms with Crippen molar-refractivity contribution in [2.24, 2.45) is 5.92 Å². The largest absolute Gasteiger partial charge is 0.469 e. The summed E-state index contributed by atoms with van der Waals surface area (Å²) in [6.45, 7) is 0. The maximum Gasteiger partial charge on any atom is 0.123 e. The van der Waals surface area contributed by atoms with Crippen LogP contribution >= 0.6 is 11.6 Å². The number of furan rings is 1. The van der Waals surface area contributed by atoms with Crippen LogP contribution in [-0.4, -0.2) is 5.88 Å². The highest BCUT2D eigenvalue weighted by atomic mass is 35.5. The van der Waals surface area contributed by atoms with E-state index in [4.69, 9.17) is 16.0 Å². The SMILES string of the molecule is Fc1ccc(CC(CCl)Cc2ccco2)cc1. The van der Waals surface area contributed by atoms with Gasteiger partial charge in [-0.05, 0) is 42.2 Å². The summed E-state index contributed by atoms with van der Waals surface area (Å²) in [6, 6.07) is 10.4. The molecule has 0 aliphatic heterocycles. The Bertz CT molecular complexity index is 436. The zero-order valence-corrected chi connectivity index (χ0v) is 10.2. The van der Waals surface area contributed by atoms with Gasteiger partial charge in [0.2, 0.25) is 0 Å². The molecule has 2 rings (SSSR count). The Morgan fingerprint density at radius 3 is 2.47 bits per heavy atom. The van der Waals surface area contributed by atoms with E-state index >= 15 is 0 Å². The molecule has 0 aliphatic carbocycles. The molecule has 17 heavy (non-hydrogen) atoms. The lowest BCUT2D eigenvalue weighted by Gasteiger charge is -2.12. The molecule has 0 saturated carbocycles. The first-order valence-electron chi connectivity index (χ1n) is 5.60. The molecule has 1 atom stereocenters. The van der Waals surface area contributed by atoms with Gasteiger partial charge in [0.05, 0.1) is 6.26 Å². The van der Waals surface area contributed by atoms with E-state index in [1.807, 2.05) is 12.1 Å². The van der Waals surface area contributed by atoms with Crippen LogP contribution in [0.2, 0.25) is 0 Å². The van der Waals surface area contributed by atoms with Gasteiger partial charge in [0, 0.05) is 12.3 Å². The molecular weight excluding hydrogens is 239 g/mol. The third kappa shape index (κ3) is 3.60. The zero-order chi connectivity index (χ0) is 12.1. The van der Waals surface area contributed by atoms with Crippen LogP contribution in [0.3, 0.4) is 0 Å². The van der Waals surface area contributed by atoms with E-state index in [0.29, 0.717) is 11.8 Å². The average molecular weight is 253 g/mol. The Labute approximate surface area is 105 Å². The van der Waals surface area contributed by atoms with Crippen LogP contribution in [0.5, 0.6) is 0 Å². The number of halogens is 2. The zero-order valence-electron chi connectivity index (χ0n) is 9.40. The highest BCUT2D eigenvalue weighted by molar-refractivity contribution is 6.18. The summed E-state index contributed by atoms with van der Waals surface area (Å²) in [4.78, 5) is 0. The maximum absolute atomic E-state index is 12.8. The van der Waals surface area contributed by atoms with Crippen LogP contribution < -0.4 is 0 Å². The summed E-state index contributed by atoms with van der Waals surface area (Å²) in [6.07, 6.45) is 3.32. The molecule has 0 fully saturated rings. The van der Waals surface area contributed by atoms with Crippen molar-refractivity contribution in [1.82, 2.24) is 0 Å². The molecule has 1 aromatic heterocycles. The van der Waals surface area contributed by atoms with Crippen molar-refractivity contribution in [3.63, 3.8) is 0 Å². The summed E-state index contributed by atoms with van der Waals surface area (Å²) < 4.78 is 18.1. The molecule has 0 saturated heterocycles. The number of hydrogen-bond donors (Lipinski definition) is 0. The van der Waals surface area contributed by atoms with Gasteiger partial charge in [0.1, 0.15) is 11.6 Å². The van der Waals surface area contributed by atoms with Crippen LogP contribution in [0, 0.1) is 11.7 Å². The standard InChI is InChI=1S/C14H14ClFO/c15-10-12(9-14-2-1-7-17-14)8-11-3-5-13(16)6-4-11/h1-7,12H,8-10H2. The highest BCUT2D eigenvalue weighted by Gasteiger charge is 2.11. The van der Waals surface area contributed by atoms with Crippen molar-refractivity contribution < 1.29 is 8.81 Å².